The molecule has 1 saturated heterocycles. The van der Waals surface area contributed by atoms with Crippen molar-refractivity contribution in [1.29, 1.82) is 0 Å². The summed E-state index contributed by atoms with van der Waals surface area (Å²) >= 11 is 7.33. The molecule has 1 fully saturated rings. The number of para-hydroxylation sites is 1. The maximum Gasteiger partial charge on any atom is 0.286 e. The fraction of sp³-hybridized carbons (Fsp3) is 0.200. The van der Waals surface area contributed by atoms with Gasteiger partial charge in [0.25, 0.3) is 5.91 Å². The van der Waals surface area contributed by atoms with Crippen LogP contribution in [0.25, 0.3) is 6.08 Å². The van der Waals surface area contributed by atoms with E-state index in [1.807, 2.05) is 18.2 Å². The van der Waals surface area contributed by atoms with Crippen LogP contribution >= 0.6 is 23.4 Å². The van der Waals surface area contributed by atoms with Crippen LogP contribution in [0.1, 0.15) is 5.56 Å². The number of amides is 1. The largest absolute Gasteiger partial charge is 0.368 e. The van der Waals surface area contributed by atoms with Gasteiger partial charge in [-0.15, -0.1) is 0 Å². The summed E-state index contributed by atoms with van der Waals surface area (Å²) in [6, 6.07) is 14.7. The highest BCUT2D eigenvalue weighted by atomic mass is 35.5. The van der Waals surface area contributed by atoms with Crippen molar-refractivity contribution in [3.63, 3.8) is 0 Å². The molecule has 0 N–H and O–H groups in total. The normalized spacial score (nSPS) is 19.0. The van der Waals surface area contributed by atoms with Crippen LogP contribution in [-0.2, 0) is 4.79 Å². The molecule has 138 valence electrons. The van der Waals surface area contributed by atoms with Crippen LogP contribution in [0.3, 0.4) is 0 Å². The van der Waals surface area contributed by atoms with Crippen molar-refractivity contribution >= 4 is 46.2 Å². The number of carbonyl (C=O) groups excluding carboxylic acids is 1. The summed E-state index contributed by atoms with van der Waals surface area (Å²) in [5.41, 5.74) is 1.42. The monoisotopic (exact) mass is 401 g/mol. The van der Waals surface area contributed by atoms with Gasteiger partial charge in [-0.2, -0.15) is 4.99 Å². The Bertz CT molecular complexity index is 904. The van der Waals surface area contributed by atoms with Crippen LogP contribution in [0.2, 0.25) is 5.02 Å². The van der Waals surface area contributed by atoms with Gasteiger partial charge in [0.05, 0.1) is 9.93 Å². The number of hydrogen-bond acceptors (Lipinski definition) is 4. The van der Waals surface area contributed by atoms with E-state index in [-0.39, 0.29) is 16.5 Å². The Morgan fingerprint density at radius 2 is 1.70 bits per heavy atom. The van der Waals surface area contributed by atoms with Gasteiger partial charge < -0.3 is 9.80 Å². The van der Waals surface area contributed by atoms with Gasteiger partial charge in [-0.05, 0) is 42.1 Å². The first kappa shape index (κ1) is 18.1. The standard InChI is InChI=1S/C20H17ClFN3OS/c21-16-7-4-8-17(22)15(16)13-18-19(26)23-20(27-18)25-11-9-24(10-12-25)14-5-2-1-3-6-14/h1-8,13H,9-12H2. The Kier molecular flexibility index (Phi) is 5.18. The van der Waals surface area contributed by atoms with Crippen molar-refractivity contribution in [2.45, 2.75) is 0 Å². The summed E-state index contributed by atoms with van der Waals surface area (Å²) in [5.74, 6) is -0.798. The number of amidine groups is 1. The number of piperazine rings is 1. The van der Waals surface area contributed by atoms with Crippen molar-refractivity contribution in [2.75, 3.05) is 31.1 Å². The molecule has 2 aromatic carbocycles. The lowest BCUT2D eigenvalue weighted by atomic mass is 10.2. The van der Waals surface area contributed by atoms with E-state index in [4.69, 9.17) is 11.6 Å². The van der Waals surface area contributed by atoms with Gasteiger partial charge in [0.15, 0.2) is 5.17 Å². The minimum Gasteiger partial charge on any atom is -0.368 e. The van der Waals surface area contributed by atoms with Gasteiger partial charge in [-0.25, -0.2) is 4.39 Å². The number of thioether (sulfide) groups is 1. The molecule has 1 amide bonds. The summed E-state index contributed by atoms with van der Waals surface area (Å²) in [5, 5.41) is 0.951. The zero-order valence-electron chi connectivity index (χ0n) is 14.4. The molecule has 2 heterocycles. The molecule has 2 aliphatic rings. The Labute approximate surface area is 166 Å². The quantitative estimate of drug-likeness (QED) is 0.704. The van der Waals surface area contributed by atoms with Crippen molar-refractivity contribution < 1.29 is 9.18 Å². The fourth-order valence-electron chi connectivity index (χ4n) is 3.11. The first-order chi connectivity index (χ1) is 13.1. The van der Waals surface area contributed by atoms with Crippen LogP contribution in [0.4, 0.5) is 10.1 Å². The molecule has 0 bridgehead atoms. The van der Waals surface area contributed by atoms with Gasteiger partial charge in [-0.3, -0.25) is 4.79 Å². The third kappa shape index (κ3) is 3.87. The number of halogens is 2. The van der Waals surface area contributed by atoms with Crippen LogP contribution in [-0.4, -0.2) is 42.2 Å². The lowest BCUT2D eigenvalue weighted by molar-refractivity contribution is -0.113. The van der Waals surface area contributed by atoms with E-state index in [9.17, 15) is 9.18 Å². The summed E-state index contributed by atoms with van der Waals surface area (Å²) in [6.07, 6.45) is 1.49. The number of benzene rings is 2. The molecule has 0 spiro atoms. The predicted octanol–water partition coefficient (Wildman–Crippen LogP) is 4.27. The second-order valence-electron chi connectivity index (χ2n) is 6.26. The summed E-state index contributed by atoms with van der Waals surface area (Å²) in [6.45, 7) is 3.27. The van der Waals surface area contributed by atoms with E-state index in [0.29, 0.717) is 10.1 Å². The van der Waals surface area contributed by atoms with Crippen molar-refractivity contribution in [3.05, 3.63) is 69.8 Å². The molecule has 0 atom stereocenters. The molecular weight excluding hydrogens is 385 g/mol. The van der Waals surface area contributed by atoms with Gasteiger partial charge in [0.1, 0.15) is 5.82 Å². The molecule has 2 aromatic rings. The van der Waals surface area contributed by atoms with Crippen molar-refractivity contribution in [3.8, 4) is 0 Å². The zero-order valence-corrected chi connectivity index (χ0v) is 16.0. The average Bonchev–Trinajstić information content (AvgIpc) is 3.06. The van der Waals surface area contributed by atoms with Crippen LogP contribution < -0.4 is 4.90 Å². The minimum absolute atomic E-state index is 0.223. The molecule has 0 aliphatic carbocycles. The maximum atomic E-state index is 14.0. The fourth-order valence-corrected chi connectivity index (χ4v) is 4.27. The zero-order chi connectivity index (χ0) is 18.8. The van der Waals surface area contributed by atoms with Gasteiger partial charge in [-0.1, -0.05) is 35.9 Å². The Morgan fingerprint density at radius 3 is 2.41 bits per heavy atom. The number of hydrogen-bond donors (Lipinski definition) is 0. The number of anilines is 1. The highest BCUT2D eigenvalue weighted by molar-refractivity contribution is 8.18. The van der Waals surface area contributed by atoms with E-state index in [2.05, 4.69) is 26.9 Å². The summed E-state index contributed by atoms with van der Waals surface area (Å²) < 4.78 is 14.0. The van der Waals surface area contributed by atoms with Crippen LogP contribution in [0.15, 0.2) is 58.4 Å². The smallest absolute Gasteiger partial charge is 0.286 e. The number of rotatable bonds is 2. The summed E-state index contributed by atoms with van der Waals surface area (Å²) in [4.78, 5) is 21.2. The molecule has 0 aromatic heterocycles. The van der Waals surface area contributed by atoms with E-state index in [0.717, 1.165) is 26.2 Å². The molecular formula is C20H17ClFN3OS. The SMILES string of the molecule is O=C1N=C(N2CCN(c3ccccc3)CC2)SC1=Cc1c(F)cccc1Cl. The molecule has 4 nitrogen and oxygen atoms in total. The predicted molar refractivity (Wildman–Crippen MR) is 110 cm³/mol. The number of carbonyl (C=O) groups is 1. The average molecular weight is 402 g/mol. The Morgan fingerprint density at radius 1 is 1.00 bits per heavy atom. The maximum absolute atomic E-state index is 14.0. The van der Waals surface area contributed by atoms with Crippen molar-refractivity contribution in [1.82, 2.24) is 4.90 Å². The van der Waals surface area contributed by atoms with E-state index in [1.165, 1.54) is 35.7 Å². The molecule has 4 rings (SSSR count). The van der Waals surface area contributed by atoms with E-state index in [1.54, 1.807) is 6.07 Å². The first-order valence-electron chi connectivity index (χ1n) is 8.63. The lowest BCUT2D eigenvalue weighted by Gasteiger charge is -2.36. The Balaban J connectivity index is 1.44. The topological polar surface area (TPSA) is 35.9 Å². The summed E-state index contributed by atoms with van der Waals surface area (Å²) in [7, 11) is 0. The minimum atomic E-state index is -0.451. The number of aliphatic imine (C=N–C) groups is 1. The third-order valence-corrected chi connectivity index (χ3v) is 5.93. The van der Waals surface area contributed by atoms with Gasteiger partial charge in [0.2, 0.25) is 0 Å². The second-order valence-corrected chi connectivity index (χ2v) is 7.67. The van der Waals surface area contributed by atoms with Crippen LogP contribution in [0, 0.1) is 5.82 Å². The van der Waals surface area contributed by atoms with Gasteiger partial charge in [0, 0.05) is 37.4 Å². The Hall–Kier alpha value is -2.31. The molecule has 2 aliphatic heterocycles. The highest BCUT2D eigenvalue weighted by Crippen LogP contribution is 2.33. The molecule has 0 radical (unpaired) electrons. The van der Waals surface area contributed by atoms with Crippen molar-refractivity contribution in [2.24, 2.45) is 4.99 Å². The molecule has 0 saturated carbocycles. The lowest BCUT2D eigenvalue weighted by Crippen LogP contribution is -2.47. The highest BCUT2D eigenvalue weighted by Gasteiger charge is 2.29. The molecule has 27 heavy (non-hydrogen) atoms. The van der Waals surface area contributed by atoms with E-state index < -0.39 is 5.82 Å². The van der Waals surface area contributed by atoms with Crippen LogP contribution in [0.5, 0.6) is 0 Å². The number of nitrogens with zero attached hydrogens (tertiary/aromatic N) is 3. The van der Waals surface area contributed by atoms with E-state index >= 15 is 0 Å². The molecule has 7 heteroatoms. The second kappa shape index (κ2) is 7.74. The van der Waals surface area contributed by atoms with Gasteiger partial charge >= 0.3 is 0 Å². The molecule has 0 unspecified atom stereocenters. The third-order valence-electron chi connectivity index (χ3n) is 4.56. The first-order valence-corrected chi connectivity index (χ1v) is 9.83.